The largest absolute Gasteiger partial charge is 0.481 e. The topological polar surface area (TPSA) is 196 Å². The van der Waals surface area contributed by atoms with Crippen molar-refractivity contribution in [1.82, 2.24) is 4.98 Å². The summed E-state index contributed by atoms with van der Waals surface area (Å²) in [5, 5.41) is 54.1. The van der Waals surface area contributed by atoms with Gasteiger partial charge in [-0.3, -0.25) is 4.79 Å². The molecular formula is C51H73NO11. The van der Waals surface area contributed by atoms with Crippen molar-refractivity contribution in [3.8, 4) is 0 Å². The summed E-state index contributed by atoms with van der Waals surface area (Å²) in [5.41, 5.74) is 0.814. The number of aryl methyl sites for hydroxylation is 2. The Bertz CT molecular complexity index is 2030. The first-order valence-electron chi connectivity index (χ1n) is 24.2. The van der Waals surface area contributed by atoms with Crippen molar-refractivity contribution in [2.24, 2.45) is 67.5 Å². The lowest BCUT2D eigenvalue weighted by molar-refractivity contribution is -0.335. The Hall–Kier alpha value is -2.87. The van der Waals surface area contributed by atoms with Gasteiger partial charge < -0.3 is 49.5 Å². The molecule has 0 radical (unpaired) electrons. The molecule has 17 atom stereocenters. The predicted molar refractivity (Wildman–Crippen MR) is 233 cm³/mol. The van der Waals surface area contributed by atoms with E-state index in [2.05, 4.69) is 70.2 Å². The summed E-state index contributed by atoms with van der Waals surface area (Å²) in [6.07, 6.45) is 15.7. The number of carboxylic acids is 2. The van der Waals surface area contributed by atoms with E-state index in [-0.39, 0.29) is 45.8 Å². The minimum atomic E-state index is -1.80. The third-order valence-corrected chi connectivity index (χ3v) is 20.2. The number of hydrogen-bond acceptors (Lipinski definition) is 9. The maximum absolute atomic E-state index is 14.3. The van der Waals surface area contributed by atoms with E-state index in [1.54, 1.807) is 7.11 Å². The maximum atomic E-state index is 14.3. The van der Waals surface area contributed by atoms with Gasteiger partial charge in [0, 0.05) is 37.3 Å². The second-order valence-electron chi connectivity index (χ2n) is 22.9. The van der Waals surface area contributed by atoms with Crippen molar-refractivity contribution >= 4 is 18.2 Å². The van der Waals surface area contributed by atoms with Crippen molar-refractivity contribution in [3.05, 3.63) is 47.3 Å². The molecule has 0 unspecified atom stereocenters. The van der Waals surface area contributed by atoms with Gasteiger partial charge in [0.25, 0.3) is 0 Å². The fourth-order valence-corrected chi connectivity index (χ4v) is 17.9. The van der Waals surface area contributed by atoms with Gasteiger partial charge in [-0.25, -0.2) is 4.79 Å². The van der Waals surface area contributed by atoms with E-state index in [0.717, 1.165) is 70.5 Å². The zero-order valence-electron chi connectivity index (χ0n) is 38.3. The number of carbonyl (C=O) groups is 3. The normalized spacial score (nSPS) is 48.0. The molecule has 8 aliphatic rings. The number of methoxy groups -OCH3 is 1. The smallest absolute Gasteiger partial charge is 0.335 e. The number of carbonyl (C=O) groups excluding carboxylic acids is 1. The molecule has 12 nitrogen and oxygen atoms in total. The number of nitrogens with one attached hydrogen (secondary N) is 1. The molecule has 7 aliphatic carbocycles. The number of hydrogen-bond donors (Lipinski definition) is 6. The summed E-state index contributed by atoms with van der Waals surface area (Å²) < 4.78 is 18.4. The summed E-state index contributed by atoms with van der Waals surface area (Å²) in [6, 6.07) is 0. The van der Waals surface area contributed by atoms with Gasteiger partial charge in [0.15, 0.2) is 12.4 Å². The Morgan fingerprint density at radius 3 is 2.43 bits per heavy atom. The number of rotatable bonds is 13. The lowest BCUT2D eigenvalue weighted by Gasteiger charge is -2.78. The third kappa shape index (κ3) is 6.08. The lowest BCUT2D eigenvalue weighted by atomic mass is 9.25. The third-order valence-electron chi connectivity index (χ3n) is 20.2. The highest BCUT2D eigenvalue weighted by Gasteiger charge is 2.79. The average Bonchev–Trinajstić information content (AvgIpc) is 3.70. The van der Waals surface area contributed by atoms with Gasteiger partial charge in [-0.2, -0.15) is 0 Å². The van der Waals surface area contributed by atoms with Crippen molar-refractivity contribution in [3.63, 3.8) is 0 Å². The first-order valence-corrected chi connectivity index (χ1v) is 24.2. The second kappa shape index (κ2) is 15.6. The Labute approximate surface area is 372 Å². The minimum absolute atomic E-state index is 0.0794. The van der Waals surface area contributed by atoms with Crippen molar-refractivity contribution in [1.29, 1.82) is 0 Å². The molecule has 1 saturated heterocycles. The molecule has 2 heterocycles. The zero-order valence-corrected chi connectivity index (χ0v) is 38.3. The number of fused-ring (bicyclic) bond motifs is 3. The molecule has 348 valence electrons. The van der Waals surface area contributed by atoms with Crippen LogP contribution in [0.5, 0.6) is 0 Å². The van der Waals surface area contributed by atoms with E-state index in [9.17, 15) is 39.9 Å². The van der Waals surface area contributed by atoms with Gasteiger partial charge in [0.1, 0.15) is 24.6 Å². The standard InChI is InChI=1S/C51H73NO11/c1-7-29-25-52-26-31(29)12-18-50-32-11-10-30-22-35-48(16-9-21-53,19-20-51(44(59)60)33(27-61-6)24-46(4)14-8-15-49(35,51)28-46)47(5,41(30)50)17-13-34(50)45(2,3)36(23-32)62-43-39(56)37(54)38(55)40(63-43)42(57)58/h8,15,21-22,25-26,30,32-34,36-41,43,52,54-56H,7,9-14,16-20,23-24,27-28H2,1-6H3,(H,57,58)(H,59,60)/t30-,32-,33-,34+,36+,37+,38+,39-,40+,41+,43-,46+,47-,48-,49+,50+,51+/m1/s1. The monoisotopic (exact) mass is 876 g/mol. The predicted octanol–water partition coefficient (Wildman–Crippen LogP) is 7.04. The zero-order chi connectivity index (χ0) is 45.1. The average molecular weight is 876 g/mol. The number of carboxylic acid groups (broad SMARTS) is 2. The van der Waals surface area contributed by atoms with Crippen LogP contribution in [0.15, 0.2) is 36.2 Å². The van der Waals surface area contributed by atoms with Crippen LogP contribution in [-0.4, -0.2) is 99.3 Å². The Morgan fingerprint density at radius 2 is 1.73 bits per heavy atom. The highest BCUT2D eigenvalue weighted by molar-refractivity contribution is 5.79. The molecule has 1 aromatic rings. The van der Waals surface area contributed by atoms with Crippen LogP contribution < -0.4 is 0 Å². The summed E-state index contributed by atoms with van der Waals surface area (Å²) >= 11 is 0. The fraction of sp³-hybridized carbons (Fsp3) is 0.784. The Kier molecular flexibility index (Phi) is 11.2. The number of allylic oxidation sites excluding steroid dienone is 4. The van der Waals surface area contributed by atoms with Crippen LogP contribution in [0.1, 0.15) is 129 Å². The molecule has 1 aromatic heterocycles. The van der Waals surface area contributed by atoms with Gasteiger partial charge in [-0.1, -0.05) is 58.4 Å². The van der Waals surface area contributed by atoms with Crippen LogP contribution in [0.25, 0.3) is 0 Å². The maximum Gasteiger partial charge on any atom is 0.335 e. The van der Waals surface area contributed by atoms with Crippen LogP contribution in [0.4, 0.5) is 0 Å². The molecule has 2 bridgehead atoms. The van der Waals surface area contributed by atoms with E-state index in [4.69, 9.17) is 14.2 Å². The van der Waals surface area contributed by atoms with E-state index in [1.165, 1.54) is 16.7 Å². The lowest BCUT2D eigenvalue weighted by Crippen LogP contribution is -2.73. The van der Waals surface area contributed by atoms with Crippen molar-refractivity contribution in [2.45, 2.75) is 168 Å². The molecule has 63 heavy (non-hydrogen) atoms. The summed E-state index contributed by atoms with van der Waals surface area (Å²) in [4.78, 5) is 42.5. The number of H-pyrrole nitrogens is 1. The number of aromatic nitrogens is 1. The van der Waals surface area contributed by atoms with Gasteiger partial charge >= 0.3 is 11.9 Å². The number of aldehydes is 1. The molecule has 1 spiro atoms. The SMILES string of the molecule is CCc1c[nH]cc1CC[C@]12[C@@H]3CC[C@@H]4C=C5[C@@](CCC=O)(CC[C@@]6(C(=O)O)[C@@H](COC)C[C@]7(C)CC=C[C@]56C7)[C@](C)(CC[C@H]1C(C)(C)[C@@H](O[C@@H]1O[C@H](C(=O)O)[C@@H](O)[C@H](O)[C@H]1O)C3)[C@H]42. The number of aliphatic hydroxyl groups excluding tert-OH is 3. The van der Waals surface area contributed by atoms with Gasteiger partial charge in [-0.15, -0.1) is 0 Å². The van der Waals surface area contributed by atoms with Crippen LogP contribution in [0.2, 0.25) is 0 Å². The van der Waals surface area contributed by atoms with Gasteiger partial charge in [0.2, 0.25) is 0 Å². The van der Waals surface area contributed by atoms with Crippen LogP contribution in [0, 0.1) is 67.5 Å². The van der Waals surface area contributed by atoms with E-state index >= 15 is 0 Å². The van der Waals surface area contributed by atoms with Crippen LogP contribution in [0.3, 0.4) is 0 Å². The van der Waals surface area contributed by atoms with Gasteiger partial charge in [-0.05, 0) is 152 Å². The van der Waals surface area contributed by atoms with E-state index in [0.29, 0.717) is 38.7 Å². The molecule has 6 N–H and O–H groups in total. The Balaban J connectivity index is 1.20. The molecular weight excluding hydrogens is 803 g/mol. The van der Waals surface area contributed by atoms with Crippen molar-refractivity contribution < 1.29 is 54.1 Å². The van der Waals surface area contributed by atoms with Crippen LogP contribution >= 0.6 is 0 Å². The molecule has 5 saturated carbocycles. The summed E-state index contributed by atoms with van der Waals surface area (Å²) in [6.45, 7) is 12.0. The summed E-state index contributed by atoms with van der Waals surface area (Å²) in [7, 11) is 1.70. The Morgan fingerprint density at radius 1 is 0.968 bits per heavy atom. The fourth-order valence-electron chi connectivity index (χ4n) is 17.9. The van der Waals surface area contributed by atoms with Crippen LogP contribution in [-0.2, 0) is 41.4 Å². The highest BCUT2D eigenvalue weighted by Crippen LogP contribution is 2.84. The minimum Gasteiger partial charge on any atom is -0.481 e. The summed E-state index contributed by atoms with van der Waals surface area (Å²) in [5.74, 6) is -1.52. The second-order valence-corrected chi connectivity index (χ2v) is 22.9. The first kappa shape index (κ1) is 45.3. The van der Waals surface area contributed by atoms with Crippen molar-refractivity contribution in [2.75, 3.05) is 13.7 Å². The quantitative estimate of drug-likeness (QED) is 0.0676. The number of aliphatic hydroxyl groups is 3. The van der Waals surface area contributed by atoms with Gasteiger partial charge in [0.05, 0.1) is 18.1 Å². The first-order chi connectivity index (χ1) is 29.9. The molecule has 0 amide bonds. The molecule has 0 aromatic carbocycles. The number of aromatic amines is 1. The molecule has 12 heteroatoms. The molecule has 6 fully saturated rings. The highest BCUT2D eigenvalue weighted by atomic mass is 16.7. The van der Waals surface area contributed by atoms with E-state index < -0.39 is 70.4 Å². The molecule has 1 aliphatic heterocycles. The molecule has 9 rings (SSSR count). The number of aliphatic carboxylic acids is 2. The number of ether oxygens (including phenoxy) is 3. The van der Waals surface area contributed by atoms with E-state index in [1.807, 2.05) is 0 Å².